The van der Waals surface area contributed by atoms with Crippen LogP contribution in [0.1, 0.15) is 31.5 Å². The van der Waals surface area contributed by atoms with Gasteiger partial charge >= 0.3 is 0 Å². The van der Waals surface area contributed by atoms with Crippen molar-refractivity contribution in [2.24, 2.45) is 0 Å². The van der Waals surface area contributed by atoms with E-state index in [2.05, 4.69) is 15.3 Å². The summed E-state index contributed by atoms with van der Waals surface area (Å²) in [6.07, 6.45) is 3.04. The number of nitrogens with zero attached hydrogens (tertiary/aromatic N) is 2. The van der Waals surface area contributed by atoms with E-state index in [1.54, 1.807) is 0 Å². The maximum atomic E-state index is 9.23. The maximum absolute atomic E-state index is 9.23. The average Bonchev–Trinajstić information content (AvgIpc) is 2.65. The summed E-state index contributed by atoms with van der Waals surface area (Å²) < 4.78 is 0. The maximum Gasteiger partial charge on any atom is 0.224 e. The lowest BCUT2D eigenvalue weighted by Crippen LogP contribution is -2.35. The van der Waals surface area contributed by atoms with Crippen LogP contribution >= 0.6 is 11.6 Å². The Bertz CT molecular complexity index is 406. The predicted octanol–water partition coefficient (Wildman–Crippen LogP) is 1.80. The van der Waals surface area contributed by atoms with E-state index in [4.69, 9.17) is 11.6 Å². The number of aromatic nitrogens is 2. The Balaban J connectivity index is 2.34. The molecule has 0 spiro atoms. The summed E-state index contributed by atoms with van der Waals surface area (Å²) in [6.45, 7) is 3.89. The van der Waals surface area contributed by atoms with Crippen molar-refractivity contribution in [3.63, 3.8) is 0 Å². The number of nitrogens with one attached hydrogen (secondary N) is 1. The van der Waals surface area contributed by atoms with Crippen molar-refractivity contribution < 1.29 is 5.11 Å². The fraction of sp³-hybridized carbons (Fsp3) is 0.636. The van der Waals surface area contributed by atoms with Gasteiger partial charge in [0.25, 0.3) is 0 Å². The van der Waals surface area contributed by atoms with Gasteiger partial charge in [-0.2, -0.15) is 0 Å². The second-order valence-electron chi connectivity index (χ2n) is 4.79. The van der Waals surface area contributed by atoms with Crippen molar-refractivity contribution in [2.45, 2.75) is 38.6 Å². The number of hydrogen-bond acceptors (Lipinski definition) is 4. The zero-order valence-corrected chi connectivity index (χ0v) is 10.3. The molecule has 0 atom stereocenters. The Labute approximate surface area is 100 Å². The molecule has 2 rings (SSSR count). The van der Waals surface area contributed by atoms with E-state index in [0.29, 0.717) is 0 Å². The van der Waals surface area contributed by atoms with Crippen LogP contribution in [0.4, 0.5) is 5.82 Å². The number of hydrogen-bond donors (Lipinski definition) is 2. The molecule has 1 aromatic heterocycles. The monoisotopic (exact) mass is 241 g/mol. The molecule has 1 aliphatic rings. The zero-order valence-electron chi connectivity index (χ0n) is 9.55. The minimum Gasteiger partial charge on any atom is -0.394 e. The van der Waals surface area contributed by atoms with Gasteiger partial charge in [0.05, 0.1) is 17.8 Å². The van der Waals surface area contributed by atoms with E-state index in [1.807, 2.05) is 13.8 Å². The van der Waals surface area contributed by atoms with Gasteiger partial charge < -0.3 is 10.4 Å². The highest BCUT2D eigenvalue weighted by molar-refractivity contribution is 6.28. The summed E-state index contributed by atoms with van der Waals surface area (Å²) in [5.74, 6) is 0.770. The molecule has 1 heterocycles. The highest BCUT2D eigenvalue weighted by Gasteiger charge is 2.23. The Morgan fingerprint density at radius 2 is 2.12 bits per heavy atom. The van der Waals surface area contributed by atoms with Crippen LogP contribution in [0.3, 0.4) is 0 Å². The van der Waals surface area contributed by atoms with Gasteiger partial charge in [-0.1, -0.05) is 0 Å². The molecule has 4 nitrogen and oxygen atoms in total. The van der Waals surface area contributed by atoms with E-state index >= 15 is 0 Å². The lowest BCUT2D eigenvalue weighted by atomic mass is 10.1. The molecular weight excluding hydrogens is 226 g/mol. The van der Waals surface area contributed by atoms with Gasteiger partial charge in [-0.25, -0.2) is 9.97 Å². The average molecular weight is 242 g/mol. The number of fused-ring (bicyclic) bond motifs is 1. The number of halogens is 1. The molecule has 0 bridgehead atoms. The molecule has 0 aromatic carbocycles. The van der Waals surface area contributed by atoms with Crippen molar-refractivity contribution >= 4 is 17.4 Å². The van der Waals surface area contributed by atoms with Gasteiger partial charge in [-0.3, -0.25) is 0 Å². The van der Waals surface area contributed by atoms with Crippen LogP contribution < -0.4 is 5.32 Å². The molecule has 0 fully saturated rings. The fourth-order valence-electron chi connectivity index (χ4n) is 1.87. The quantitative estimate of drug-likeness (QED) is 0.793. The van der Waals surface area contributed by atoms with Crippen LogP contribution in [-0.2, 0) is 12.8 Å². The van der Waals surface area contributed by atoms with Gasteiger partial charge in [-0.15, -0.1) is 0 Å². The van der Waals surface area contributed by atoms with Crippen LogP contribution in [0.25, 0.3) is 0 Å². The number of aliphatic hydroxyl groups is 1. The molecule has 1 aliphatic carbocycles. The molecule has 2 N–H and O–H groups in total. The van der Waals surface area contributed by atoms with E-state index in [1.165, 1.54) is 0 Å². The van der Waals surface area contributed by atoms with E-state index in [0.717, 1.165) is 36.3 Å². The zero-order chi connectivity index (χ0) is 11.8. The van der Waals surface area contributed by atoms with Gasteiger partial charge in [0.15, 0.2) is 0 Å². The van der Waals surface area contributed by atoms with Gasteiger partial charge in [-0.05, 0) is 44.7 Å². The van der Waals surface area contributed by atoms with Crippen molar-refractivity contribution in [1.29, 1.82) is 0 Å². The Morgan fingerprint density at radius 1 is 1.38 bits per heavy atom. The van der Waals surface area contributed by atoms with Gasteiger partial charge in [0.1, 0.15) is 5.82 Å². The highest BCUT2D eigenvalue weighted by Crippen LogP contribution is 2.28. The van der Waals surface area contributed by atoms with Crippen LogP contribution in [0.2, 0.25) is 5.28 Å². The molecule has 0 saturated carbocycles. The second kappa shape index (κ2) is 4.18. The molecule has 1 aromatic rings. The smallest absolute Gasteiger partial charge is 0.224 e. The van der Waals surface area contributed by atoms with Gasteiger partial charge in [0.2, 0.25) is 5.28 Å². The largest absolute Gasteiger partial charge is 0.394 e. The SMILES string of the molecule is CC(C)(CO)Nc1nc(Cl)nc2c1CCC2. The third kappa shape index (κ3) is 2.28. The molecule has 0 aliphatic heterocycles. The van der Waals surface area contributed by atoms with Crippen LogP contribution in [-0.4, -0.2) is 27.2 Å². The minimum absolute atomic E-state index is 0.0450. The summed E-state index contributed by atoms with van der Waals surface area (Å²) >= 11 is 5.88. The Morgan fingerprint density at radius 3 is 2.81 bits per heavy atom. The topological polar surface area (TPSA) is 58.0 Å². The second-order valence-corrected chi connectivity index (χ2v) is 5.13. The summed E-state index contributed by atoms with van der Waals surface area (Å²) in [5.41, 5.74) is 1.79. The van der Waals surface area contributed by atoms with E-state index in [-0.39, 0.29) is 11.9 Å². The normalized spacial score (nSPS) is 15.0. The first-order valence-corrected chi connectivity index (χ1v) is 5.84. The third-order valence-electron chi connectivity index (χ3n) is 2.76. The molecular formula is C11H16ClN3O. The number of rotatable bonds is 3. The molecule has 0 saturated heterocycles. The van der Waals surface area contributed by atoms with E-state index in [9.17, 15) is 5.11 Å². The fourth-order valence-corrected chi connectivity index (χ4v) is 2.05. The molecule has 0 amide bonds. The van der Waals surface area contributed by atoms with Crippen LogP contribution in [0.5, 0.6) is 0 Å². The highest BCUT2D eigenvalue weighted by atomic mass is 35.5. The van der Waals surface area contributed by atoms with Crippen LogP contribution in [0.15, 0.2) is 0 Å². The summed E-state index contributed by atoms with van der Waals surface area (Å²) in [5, 5.41) is 12.7. The number of aliphatic hydroxyl groups excluding tert-OH is 1. The van der Waals surface area contributed by atoms with E-state index < -0.39 is 5.54 Å². The first-order valence-electron chi connectivity index (χ1n) is 5.46. The molecule has 0 unspecified atom stereocenters. The van der Waals surface area contributed by atoms with Crippen LogP contribution in [0, 0.1) is 0 Å². The first kappa shape index (κ1) is 11.6. The van der Waals surface area contributed by atoms with Crippen molar-refractivity contribution in [3.8, 4) is 0 Å². The molecule has 16 heavy (non-hydrogen) atoms. The van der Waals surface area contributed by atoms with Crippen molar-refractivity contribution in [2.75, 3.05) is 11.9 Å². The standard InChI is InChI=1S/C11H16ClN3O/c1-11(2,6-16)15-9-7-4-3-5-8(7)13-10(12)14-9/h16H,3-6H2,1-2H3,(H,13,14,15). The predicted molar refractivity (Wildman–Crippen MR) is 63.9 cm³/mol. The Hall–Kier alpha value is -0.870. The minimum atomic E-state index is -0.395. The third-order valence-corrected chi connectivity index (χ3v) is 2.93. The Kier molecular flexibility index (Phi) is 3.04. The number of anilines is 1. The lowest BCUT2D eigenvalue weighted by Gasteiger charge is -2.25. The van der Waals surface area contributed by atoms with Gasteiger partial charge in [0, 0.05) is 5.56 Å². The number of aryl methyl sites for hydroxylation is 1. The lowest BCUT2D eigenvalue weighted by molar-refractivity contribution is 0.234. The molecule has 88 valence electrons. The van der Waals surface area contributed by atoms with Crippen molar-refractivity contribution in [3.05, 3.63) is 16.5 Å². The summed E-state index contributed by atoms with van der Waals surface area (Å²) in [7, 11) is 0. The summed E-state index contributed by atoms with van der Waals surface area (Å²) in [6, 6.07) is 0. The molecule has 0 radical (unpaired) electrons. The molecule has 5 heteroatoms. The van der Waals surface area contributed by atoms with Crippen molar-refractivity contribution in [1.82, 2.24) is 9.97 Å². The first-order chi connectivity index (χ1) is 7.52. The summed E-state index contributed by atoms with van der Waals surface area (Å²) in [4.78, 5) is 8.43.